The molecule has 1 aliphatic rings. The number of ether oxygens (including phenoxy) is 2. The number of nitrogens with one attached hydrogen (secondary N) is 2. The Morgan fingerprint density at radius 2 is 1.62 bits per heavy atom. The Morgan fingerprint density at radius 1 is 1.00 bits per heavy atom. The van der Waals surface area contributed by atoms with Crippen LogP contribution in [-0.2, 0) is 19.4 Å². The molecule has 2 N–H and O–H groups in total. The van der Waals surface area contributed by atoms with Crippen LogP contribution in [0.2, 0.25) is 0 Å². The number of thiazole rings is 1. The second-order valence-electron chi connectivity index (χ2n) is 10.6. The van der Waals surface area contributed by atoms with Crippen molar-refractivity contribution >= 4 is 39.1 Å². The number of benzene rings is 1. The van der Waals surface area contributed by atoms with Gasteiger partial charge in [-0.25, -0.2) is 14.6 Å². The summed E-state index contributed by atoms with van der Waals surface area (Å²) in [6, 6.07) is 5.65. The number of carbonyl (C=O) groups excluding carboxylic acids is 2. The highest BCUT2D eigenvalue weighted by Gasteiger charge is 2.28. The van der Waals surface area contributed by atoms with Crippen molar-refractivity contribution < 1.29 is 23.3 Å². The summed E-state index contributed by atoms with van der Waals surface area (Å²) < 4.78 is 24.2. The third-order valence-corrected chi connectivity index (χ3v) is 11.1. The smallest absolute Gasteiger partial charge is 0.411 e. The lowest BCUT2D eigenvalue weighted by atomic mass is 9.86. The predicted octanol–water partition coefficient (Wildman–Crippen LogP) is 6.34. The van der Waals surface area contributed by atoms with E-state index in [1.165, 1.54) is 0 Å². The van der Waals surface area contributed by atoms with Crippen molar-refractivity contribution in [2.24, 2.45) is 0 Å². The molecule has 1 saturated carbocycles. The van der Waals surface area contributed by atoms with Gasteiger partial charge in [0.25, 0.3) is 0 Å². The number of rotatable bonds is 8. The molecule has 0 aliphatic heterocycles. The average molecular weight is 552 g/mol. The maximum Gasteiger partial charge on any atom is 0.411 e. The van der Waals surface area contributed by atoms with E-state index < -0.39 is 16.0 Å². The molecule has 0 atom stereocenters. The van der Waals surface area contributed by atoms with Gasteiger partial charge in [-0.3, -0.25) is 9.53 Å². The summed E-state index contributed by atoms with van der Waals surface area (Å²) in [6.07, 6.45) is 6.03. The summed E-state index contributed by atoms with van der Waals surface area (Å²) in [5.41, 5.74) is 1.44. The molecule has 0 radical (unpaired) electrons. The maximum atomic E-state index is 13.8. The van der Waals surface area contributed by atoms with E-state index >= 15 is 0 Å². The lowest BCUT2D eigenvalue weighted by molar-refractivity contribution is 0.109. The molecular formula is C27H41N3O5S2. The molecule has 3 rings (SSSR count). The molecule has 10 heteroatoms. The third-order valence-electron chi connectivity index (χ3n) is 6.58. The fourth-order valence-corrected chi connectivity index (χ4v) is 7.15. The van der Waals surface area contributed by atoms with Crippen LogP contribution in [0.4, 0.5) is 15.3 Å². The zero-order chi connectivity index (χ0) is 27.3. The summed E-state index contributed by atoms with van der Waals surface area (Å²) in [6.45, 7) is 11.2. The number of hydrogen-bond acceptors (Lipinski definition) is 7. The van der Waals surface area contributed by atoms with Crippen molar-refractivity contribution in [1.82, 2.24) is 10.3 Å². The number of hydrogen-bond donors (Lipinski definition) is 3. The highest BCUT2D eigenvalue weighted by molar-refractivity contribution is 8.03. The Balaban J connectivity index is 1.78. The van der Waals surface area contributed by atoms with E-state index in [-0.39, 0.29) is 29.6 Å². The van der Waals surface area contributed by atoms with E-state index in [1.807, 2.05) is 52.1 Å². The van der Waals surface area contributed by atoms with Gasteiger partial charge in [-0.2, -0.15) is 0 Å². The molecule has 1 aromatic carbocycles. The fourth-order valence-electron chi connectivity index (χ4n) is 4.32. The van der Waals surface area contributed by atoms with Gasteiger partial charge in [-0.05, 0) is 71.8 Å². The van der Waals surface area contributed by atoms with Gasteiger partial charge >= 0.3 is 12.2 Å². The van der Waals surface area contributed by atoms with Crippen LogP contribution in [0.5, 0.6) is 0 Å². The monoisotopic (exact) mass is 551 g/mol. The van der Waals surface area contributed by atoms with E-state index in [4.69, 9.17) is 14.5 Å². The third kappa shape index (κ3) is 7.77. The summed E-state index contributed by atoms with van der Waals surface area (Å²) in [7, 11) is -2.74. The molecule has 2 aromatic rings. The van der Waals surface area contributed by atoms with Gasteiger partial charge in [-0.1, -0.05) is 29.8 Å². The van der Waals surface area contributed by atoms with Gasteiger partial charge in [-0.15, -0.1) is 11.3 Å². The van der Waals surface area contributed by atoms with Crippen LogP contribution in [0.1, 0.15) is 78.2 Å². The van der Waals surface area contributed by atoms with E-state index in [9.17, 15) is 13.8 Å². The van der Waals surface area contributed by atoms with Gasteiger partial charge in [0.15, 0.2) is 0 Å². The van der Waals surface area contributed by atoms with E-state index in [0.717, 1.165) is 46.0 Å². The number of carbonyl (C=O) groups is 2. The summed E-state index contributed by atoms with van der Waals surface area (Å²) in [4.78, 5) is 30.5. The maximum absolute atomic E-state index is 13.8. The largest absolute Gasteiger partial charge is 0.447 e. The van der Waals surface area contributed by atoms with Crippen LogP contribution < -0.4 is 10.6 Å². The highest BCUT2D eigenvalue weighted by atomic mass is 32.2. The molecule has 1 aromatic heterocycles. The van der Waals surface area contributed by atoms with Crippen molar-refractivity contribution in [2.75, 3.05) is 11.6 Å². The number of thiol groups is 1. The minimum absolute atomic E-state index is 0.0540. The lowest BCUT2D eigenvalue weighted by Crippen LogP contribution is -2.38. The Labute approximate surface area is 225 Å². The fraction of sp³-hybridized carbons (Fsp3) is 0.593. The Hall–Kier alpha value is -2.46. The molecule has 206 valence electrons. The molecule has 0 spiro atoms. The van der Waals surface area contributed by atoms with Crippen LogP contribution in [0.15, 0.2) is 29.3 Å². The predicted molar refractivity (Wildman–Crippen MR) is 151 cm³/mol. The molecule has 1 heterocycles. The first-order chi connectivity index (χ1) is 17.4. The zero-order valence-electron chi connectivity index (χ0n) is 22.9. The van der Waals surface area contributed by atoms with E-state index in [2.05, 4.69) is 10.6 Å². The van der Waals surface area contributed by atoms with Gasteiger partial charge in [0.05, 0.1) is 22.1 Å². The van der Waals surface area contributed by atoms with Crippen LogP contribution in [0.25, 0.3) is 10.4 Å². The first-order valence-corrected chi connectivity index (χ1v) is 16.0. The molecule has 8 nitrogen and oxygen atoms in total. The van der Waals surface area contributed by atoms with Crippen LogP contribution >= 0.6 is 11.3 Å². The molecule has 37 heavy (non-hydrogen) atoms. The minimum atomic E-state index is -2.74. The van der Waals surface area contributed by atoms with Crippen molar-refractivity contribution in [3.63, 3.8) is 0 Å². The highest BCUT2D eigenvalue weighted by Crippen LogP contribution is 2.41. The van der Waals surface area contributed by atoms with Crippen molar-refractivity contribution in [1.29, 1.82) is 0 Å². The van der Waals surface area contributed by atoms with Crippen molar-refractivity contribution in [3.05, 3.63) is 29.4 Å². The Bertz CT molecular complexity index is 1140. The van der Waals surface area contributed by atoms with Gasteiger partial charge in [0.1, 0.15) is 0 Å². The van der Waals surface area contributed by atoms with Crippen molar-refractivity contribution in [3.8, 4) is 10.4 Å². The van der Waals surface area contributed by atoms with Crippen LogP contribution in [0, 0.1) is 0 Å². The number of nitrogens with zero attached hydrogens (tertiary/aromatic N) is 1. The summed E-state index contributed by atoms with van der Waals surface area (Å²) in [5.74, 6) is 0.326. The number of aromatic nitrogens is 1. The molecular weight excluding hydrogens is 510 g/mol. The zero-order valence-corrected chi connectivity index (χ0v) is 24.6. The normalized spacial score (nSPS) is 18.6. The quantitative estimate of drug-likeness (QED) is 0.331. The number of alkyl carbamates (subject to hydrolysis) is 1. The lowest BCUT2D eigenvalue weighted by Gasteiger charge is -2.28. The summed E-state index contributed by atoms with van der Waals surface area (Å²) in [5, 5.41) is 6.73. The van der Waals surface area contributed by atoms with Gasteiger partial charge in [0, 0.05) is 39.6 Å². The van der Waals surface area contributed by atoms with Gasteiger partial charge < -0.3 is 14.8 Å². The van der Waals surface area contributed by atoms with E-state index in [1.54, 1.807) is 31.4 Å². The first kappa shape index (κ1) is 29.1. The van der Waals surface area contributed by atoms with Crippen LogP contribution in [0.3, 0.4) is 0 Å². The molecule has 1 aliphatic carbocycles. The SMILES string of the molecule is CC(C)OC(=O)Nc1ccc(-c2cnc([C@H]3CC[C@H](NC(=O)OC(C)C)CC3)s2)c([SH](C)(=O)C(C)C)c1. The van der Waals surface area contributed by atoms with E-state index in [0.29, 0.717) is 11.6 Å². The summed E-state index contributed by atoms with van der Waals surface area (Å²) >= 11 is 1.63. The molecule has 2 amide bonds. The van der Waals surface area contributed by atoms with Gasteiger partial charge in [0.2, 0.25) is 0 Å². The van der Waals surface area contributed by atoms with Crippen LogP contribution in [-0.4, -0.2) is 51.1 Å². The second kappa shape index (κ2) is 12.4. The molecule has 0 bridgehead atoms. The first-order valence-electron chi connectivity index (χ1n) is 13.0. The number of amides is 2. The Kier molecular flexibility index (Phi) is 9.74. The number of anilines is 1. The molecule has 1 fully saturated rings. The minimum Gasteiger partial charge on any atom is -0.447 e. The Morgan fingerprint density at radius 3 is 2.22 bits per heavy atom. The standard InChI is InChI=1S/C27H41N3O5S2/c1-16(2)34-26(31)29-20-10-8-19(9-11-20)25-28-15-23(36-25)22-13-12-21(30-27(32)35-17(3)4)14-24(22)37(7,33)18(5)6/h12-20,37H,8-11H2,1-7H3,(H,29,31)(H,30,32)/t19-,20-. The van der Waals surface area contributed by atoms with Crippen molar-refractivity contribution in [2.45, 2.75) is 102 Å². The molecule has 0 unspecified atom stereocenters. The topological polar surface area (TPSA) is 107 Å². The molecule has 0 saturated heterocycles. The second-order valence-corrected chi connectivity index (χ2v) is 15.2. The average Bonchev–Trinajstić information content (AvgIpc) is 3.28.